The first-order valence-electron chi connectivity index (χ1n) is 6.01. The molecule has 4 heteroatoms. The Morgan fingerprint density at radius 1 is 1.62 bits per heavy atom. The third-order valence-electron chi connectivity index (χ3n) is 2.46. The Morgan fingerprint density at radius 3 is 2.92 bits per heavy atom. The molecule has 2 N–H and O–H groups in total. The van der Waals surface area contributed by atoms with E-state index in [0.717, 1.165) is 12.8 Å². The molecule has 0 unspecified atom stereocenters. The minimum Gasteiger partial charge on any atom is -0.396 e. The second-order valence-electron chi connectivity index (χ2n) is 3.47. The molecule has 1 saturated heterocycles. The smallest absolute Gasteiger partial charge is 0.0719 e. The summed E-state index contributed by atoms with van der Waals surface area (Å²) in [5, 5.41) is 4.16. The van der Waals surface area contributed by atoms with E-state index in [1.807, 2.05) is 4.68 Å². The van der Waals surface area contributed by atoms with Gasteiger partial charge in [-0.25, -0.2) is 0 Å². The SMILES string of the molecule is [2H]C([2H])([2H])N1CCC(n2cc(N)cn2)CC1. The van der Waals surface area contributed by atoms with Gasteiger partial charge in [-0.05, 0) is 32.9 Å². The molecule has 1 aliphatic rings. The molecule has 0 aliphatic carbocycles. The highest BCUT2D eigenvalue weighted by molar-refractivity contribution is 5.30. The van der Waals surface area contributed by atoms with Gasteiger partial charge in [0.05, 0.1) is 17.9 Å². The highest BCUT2D eigenvalue weighted by atomic mass is 15.3. The molecule has 0 amide bonds. The van der Waals surface area contributed by atoms with E-state index >= 15 is 0 Å². The molecule has 0 radical (unpaired) electrons. The summed E-state index contributed by atoms with van der Waals surface area (Å²) < 4.78 is 23.8. The maximum atomic E-state index is 7.32. The van der Waals surface area contributed by atoms with Crippen LogP contribution >= 0.6 is 0 Å². The van der Waals surface area contributed by atoms with Gasteiger partial charge in [-0.3, -0.25) is 4.68 Å². The van der Waals surface area contributed by atoms with E-state index in [9.17, 15) is 0 Å². The number of hydrogen-bond acceptors (Lipinski definition) is 3. The number of nitrogens with two attached hydrogens (primary N) is 1. The molecule has 2 rings (SSSR count). The van der Waals surface area contributed by atoms with E-state index in [1.165, 1.54) is 4.90 Å². The second kappa shape index (κ2) is 3.38. The van der Waals surface area contributed by atoms with Gasteiger partial charge in [0.25, 0.3) is 0 Å². The standard InChI is InChI=1S/C9H16N4/c1-12-4-2-9(3-5-12)13-7-8(10)6-11-13/h6-7,9H,2-5,10H2,1H3/i1D3. The minimum atomic E-state index is -1.96. The number of nitrogen functional groups attached to an aromatic ring is 1. The topological polar surface area (TPSA) is 47.1 Å². The van der Waals surface area contributed by atoms with Crippen LogP contribution in [0.2, 0.25) is 0 Å². The lowest BCUT2D eigenvalue weighted by Gasteiger charge is -2.28. The maximum absolute atomic E-state index is 7.32. The molecule has 1 aromatic rings. The molecule has 1 aliphatic heterocycles. The molecule has 0 saturated carbocycles. The molecule has 1 fully saturated rings. The van der Waals surface area contributed by atoms with Gasteiger partial charge in [-0.15, -0.1) is 0 Å². The minimum absolute atomic E-state index is 0.274. The summed E-state index contributed by atoms with van der Waals surface area (Å²) in [6.07, 6.45) is 5.03. The van der Waals surface area contributed by atoms with Crippen LogP contribution in [0.4, 0.5) is 5.69 Å². The van der Waals surface area contributed by atoms with E-state index in [-0.39, 0.29) is 6.04 Å². The van der Waals surface area contributed by atoms with Gasteiger partial charge in [0.1, 0.15) is 0 Å². The van der Waals surface area contributed by atoms with Crippen molar-refractivity contribution in [1.82, 2.24) is 14.7 Å². The van der Waals surface area contributed by atoms with E-state index in [4.69, 9.17) is 9.85 Å². The highest BCUT2D eigenvalue weighted by Gasteiger charge is 2.18. The molecule has 0 spiro atoms. The monoisotopic (exact) mass is 183 g/mol. The van der Waals surface area contributed by atoms with Crippen LogP contribution in [-0.2, 0) is 0 Å². The number of anilines is 1. The van der Waals surface area contributed by atoms with Crippen LogP contribution in [0.3, 0.4) is 0 Å². The average Bonchev–Trinajstić information content (AvgIpc) is 2.64. The molecule has 1 aromatic heterocycles. The van der Waals surface area contributed by atoms with Gasteiger partial charge in [0, 0.05) is 10.3 Å². The lowest BCUT2D eigenvalue weighted by molar-refractivity contribution is 0.212. The summed E-state index contributed by atoms with van der Waals surface area (Å²) in [7, 11) is 0. The first kappa shape index (κ1) is 5.65. The van der Waals surface area contributed by atoms with Crippen LogP contribution in [-0.4, -0.2) is 34.7 Å². The number of aromatic nitrogens is 2. The Morgan fingerprint density at radius 2 is 2.38 bits per heavy atom. The van der Waals surface area contributed by atoms with Gasteiger partial charge in [-0.2, -0.15) is 5.10 Å². The first-order valence-corrected chi connectivity index (χ1v) is 4.51. The third-order valence-corrected chi connectivity index (χ3v) is 2.46. The zero-order chi connectivity index (χ0) is 11.8. The Bertz CT molecular complexity index is 352. The zero-order valence-electron chi connectivity index (χ0n) is 10.5. The molecule has 13 heavy (non-hydrogen) atoms. The maximum Gasteiger partial charge on any atom is 0.0719 e. The van der Waals surface area contributed by atoms with E-state index in [2.05, 4.69) is 5.10 Å². The molecule has 72 valence electrons. The summed E-state index contributed by atoms with van der Waals surface area (Å²) in [5.41, 5.74) is 6.25. The Hall–Kier alpha value is -1.03. The van der Waals surface area contributed by atoms with Gasteiger partial charge >= 0.3 is 0 Å². The number of hydrogen-bond donors (Lipinski definition) is 1. The predicted molar refractivity (Wildman–Crippen MR) is 52.4 cm³/mol. The molecule has 0 bridgehead atoms. The van der Waals surface area contributed by atoms with Crippen LogP contribution in [0.5, 0.6) is 0 Å². The zero-order valence-corrected chi connectivity index (χ0v) is 7.48. The lowest BCUT2D eigenvalue weighted by Crippen LogP contribution is -2.31. The molecule has 0 atom stereocenters. The summed E-state index contributed by atoms with van der Waals surface area (Å²) in [4.78, 5) is 1.54. The van der Waals surface area contributed by atoms with E-state index in [1.54, 1.807) is 12.4 Å². The van der Waals surface area contributed by atoms with Crippen LogP contribution in [0.1, 0.15) is 23.0 Å². The van der Waals surface area contributed by atoms with E-state index in [0.29, 0.717) is 18.8 Å². The van der Waals surface area contributed by atoms with Gasteiger partial charge in [0.15, 0.2) is 0 Å². The van der Waals surface area contributed by atoms with Crippen molar-refractivity contribution >= 4 is 5.69 Å². The summed E-state index contributed by atoms with van der Waals surface area (Å²) in [6, 6.07) is 0.274. The predicted octanol–water partition coefficient (Wildman–Crippen LogP) is 0.732. The number of piperidine rings is 1. The number of nitrogens with zero attached hydrogens (tertiary/aromatic N) is 3. The number of likely N-dealkylation sites (tertiary alicyclic amines) is 1. The van der Waals surface area contributed by atoms with Crippen LogP contribution in [0.25, 0.3) is 0 Å². The van der Waals surface area contributed by atoms with Crippen molar-refractivity contribution in [2.24, 2.45) is 0 Å². The van der Waals surface area contributed by atoms with E-state index < -0.39 is 6.98 Å². The van der Waals surface area contributed by atoms with Crippen LogP contribution in [0, 0.1) is 0 Å². The van der Waals surface area contributed by atoms with Crippen molar-refractivity contribution in [2.45, 2.75) is 18.9 Å². The van der Waals surface area contributed by atoms with Crippen LogP contribution in [0.15, 0.2) is 12.4 Å². The molecule has 0 aromatic carbocycles. The quantitative estimate of drug-likeness (QED) is 0.698. The third kappa shape index (κ3) is 1.83. The fraction of sp³-hybridized carbons (Fsp3) is 0.667. The fourth-order valence-electron chi connectivity index (χ4n) is 1.68. The summed E-state index contributed by atoms with van der Waals surface area (Å²) >= 11 is 0. The van der Waals surface area contributed by atoms with Crippen molar-refractivity contribution in [2.75, 3.05) is 25.8 Å². The Labute approximate surface area is 82.5 Å². The van der Waals surface area contributed by atoms with Crippen molar-refractivity contribution in [3.05, 3.63) is 12.4 Å². The van der Waals surface area contributed by atoms with Crippen molar-refractivity contribution in [1.29, 1.82) is 0 Å². The molecule has 4 nitrogen and oxygen atoms in total. The lowest BCUT2D eigenvalue weighted by atomic mass is 10.1. The normalized spacial score (nSPS) is 25.1. The molecule has 2 heterocycles. The van der Waals surface area contributed by atoms with Gasteiger partial charge < -0.3 is 10.6 Å². The fourth-order valence-corrected chi connectivity index (χ4v) is 1.68. The Balaban J connectivity index is 1.95. The van der Waals surface area contributed by atoms with Gasteiger partial charge in [-0.1, -0.05) is 0 Å². The number of rotatable bonds is 1. The summed E-state index contributed by atoms with van der Waals surface area (Å²) in [6.45, 7) is -0.796. The molecular weight excluding hydrogens is 164 g/mol. The largest absolute Gasteiger partial charge is 0.396 e. The first-order chi connectivity index (χ1) is 7.47. The van der Waals surface area contributed by atoms with Crippen molar-refractivity contribution in [3.8, 4) is 0 Å². The molecular formula is C9H16N4. The van der Waals surface area contributed by atoms with Gasteiger partial charge in [0.2, 0.25) is 0 Å². The second-order valence-corrected chi connectivity index (χ2v) is 3.47. The highest BCUT2D eigenvalue weighted by Crippen LogP contribution is 2.21. The summed E-state index contributed by atoms with van der Waals surface area (Å²) in [5.74, 6) is 0. The Kier molecular flexibility index (Phi) is 1.47. The van der Waals surface area contributed by atoms with Crippen molar-refractivity contribution in [3.63, 3.8) is 0 Å². The average molecular weight is 183 g/mol. The van der Waals surface area contributed by atoms with Crippen molar-refractivity contribution < 1.29 is 4.11 Å². The van der Waals surface area contributed by atoms with Crippen LogP contribution < -0.4 is 5.73 Å².